The Morgan fingerprint density at radius 2 is 2.00 bits per heavy atom. The van der Waals surface area contributed by atoms with Gasteiger partial charge in [-0.05, 0) is 32.0 Å². The van der Waals surface area contributed by atoms with Gasteiger partial charge in [0, 0.05) is 31.6 Å². The molecule has 0 aliphatic rings. The third-order valence-corrected chi connectivity index (χ3v) is 5.10. The van der Waals surface area contributed by atoms with E-state index in [4.69, 9.17) is 0 Å². The molecule has 0 radical (unpaired) electrons. The van der Waals surface area contributed by atoms with Gasteiger partial charge in [0.05, 0.1) is 4.90 Å². The van der Waals surface area contributed by atoms with Crippen LogP contribution in [0.15, 0.2) is 34.0 Å². The molecule has 1 heterocycles. The Bertz CT molecular complexity index is 883. The van der Waals surface area contributed by atoms with Gasteiger partial charge in [0.1, 0.15) is 5.82 Å². The molecule has 1 amide bonds. The van der Waals surface area contributed by atoms with Crippen LogP contribution in [0.3, 0.4) is 0 Å². The number of rotatable bonds is 8. The van der Waals surface area contributed by atoms with E-state index in [-0.39, 0.29) is 23.8 Å². The molecular formula is C15H21N5O4S. The maximum Gasteiger partial charge on any atom is 0.340 e. The van der Waals surface area contributed by atoms with E-state index in [1.54, 1.807) is 11.0 Å². The Labute approximate surface area is 145 Å². The van der Waals surface area contributed by atoms with Crippen molar-refractivity contribution in [2.75, 3.05) is 19.6 Å². The lowest BCUT2D eigenvalue weighted by molar-refractivity contribution is 0.0772. The van der Waals surface area contributed by atoms with Gasteiger partial charge in [0.2, 0.25) is 10.0 Å². The smallest absolute Gasteiger partial charge is 0.339 e. The van der Waals surface area contributed by atoms with E-state index in [1.165, 1.54) is 18.2 Å². The summed E-state index contributed by atoms with van der Waals surface area (Å²) in [5, 5.41) is 5.91. The average Bonchev–Trinajstić information content (AvgIpc) is 3.01. The van der Waals surface area contributed by atoms with Crippen LogP contribution in [-0.4, -0.2) is 54.0 Å². The van der Waals surface area contributed by atoms with Crippen molar-refractivity contribution < 1.29 is 13.2 Å². The fraction of sp³-hybridized carbons (Fsp3) is 0.400. The van der Waals surface area contributed by atoms with Gasteiger partial charge in [-0.1, -0.05) is 6.07 Å². The number of sulfonamides is 1. The lowest BCUT2D eigenvalue weighted by atomic mass is 10.2. The first-order valence-corrected chi connectivity index (χ1v) is 9.38. The minimum atomic E-state index is -3.77. The van der Waals surface area contributed by atoms with Crippen LogP contribution in [-0.2, 0) is 16.4 Å². The van der Waals surface area contributed by atoms with E-state index in [0.29, 0.717) is 24.5 Å². The highest BCUT2D eigenvalue weighted by atomic mass is 32.2. The summed E-state index contributed by atoms with van der Waals surface area (Å²) < 4.78 is 27.2. The normalized spacial score (nSPS) is 11.4. The van der Waals surface area contributed by atoms with E-state index in [1.807, 2.05) is 13.8 Å². The van der Waals surface area contributed by atoms with Crippen LogP contribution >= 0.6 is 0 Å². The van der Waals surface area contributed by atoms with E-state index >= 15 is 0 Å². The minimum Gasteiger partial charge on any atom is -0.339 e. The number of nitrogens with zero attached hydrogens (tertiary/aromatic N) is 2. The van der Waals surface area contributed by atoms with Gasteiger partial charge < -0.3 is 4.90 Å². The minimum absolute atomic E-state index is 0.0148. The molecule has 0 aliphatic heterocycles. The number of carbonyl (C=O) groups is 1. The zero-order chi connectivity index (χ0) is 18.4. The maximum absolute atomic E-state index is 12.4. The van der Waals surface area contributed by atoms with Crippen molar-refractivity contribution in [3.05, 3.63) is 46.1 Å². The standard InChI is InChI=1S/C15H21N5O4S/c1-3-20(4-2)14(21)11-6-5-7-12(10-11)25(23,24)16-9-8-13-17-15(22)19-18-13/h5-7,10,16H,3-4,8-9H2,1-2H3,(H2,17,18,19,22). The number of benzene rings is 1. The summed E-state index contributed by atoms with van der Waals surface area (Å²) >= 11 is 0. The SMILES string of the molecule is CCN(CC)C(=O)c1cccc(S(=O)(=O)NCCc2n[nH]c(=O)[nH]2)c1. The van der Waals surface area contributed by atoms with Gasteiger partial charge in [-0.25, -0.2) is 23.0 Å². The van der Waals surface area contributed by atoms with Crippen LogP contribution in [0.5, 0.6) is 0 Å². The third kappa shape index (κ3) is 4.77. The molecule has 0 spiro atoms. The van der Waals surface area contributed by atoms with Crippen molar-refractivity contribution in [3.63, 3.8) is 0 Å². The number of carbonyl (C=O) groups excluding carboxylic acids is 1. The molecule has 2 aromatic rings. The van der Waals surface area contributed by atoms with Gasteiger partial charge in [0.15, 0.2) is 0 Å². The molecule has 136 valence electrons. The monoisotopic (exact) mass is 367 g/mol. The summed E-state index contributed by atoms with van der Waals surface area (Å²) in [5.41, 5.74) is -0.122. The van der Waals surface area contributed by atoms with Crippen molar-refractivity contribution in [1.29, 1.82) is 0 Å². The molecule has 1 aromatic carbocycles. The number of hydrogen-bond donors (Lipinski definition) is 3. The van der Waals surface area contributed by atoms with Crippen molar-refractivity contribution >= 4 is 15.9 Å². The van der Waals surface area contributed by atoms with E-state index in [9.17, 15) is 18.0 Å². The van der Waals surface area contributed by atoms with Crippen LogP contribution < -0.4 is 10.4 Å². The Balaban J connectivity index is 2.09. The van der Waals surface area contributed by atoms with Gasteiger partial charge in [0.25, 0.3) is 5.91 Å². The number of aromatic amines is 2. The molecule has 0 aliphatic carbocycles. The Kier molecular flexibility index (Phi) is 6.10. The third-order valence-electron chi connectivity index (χ3n) is 3.65. The molecule has 10 heteroatoms. The highest BCUT2D eigenvalue weighted by Gasteiger charge is 2.18. The second-order valence-corrected chi connectivity index (χ2v) is 7.04. The molecule has 0 saturated heterocycles. The Morgan fingerprint density at radius 3 is 2.60 bits per heavy atom. The van der Waals surface area contributed by atoms with Crippen LogP contribution in [0.4, 0.5) is 0 Å². The largest absolute Gasteiger partial charge is 0.340 e. The number of hydrogen-bond acceptors (Lipinski definition) is 5. The number of H-pyrrole nitrogens is 2. The highest BCUT2D eigenvalue weighted by molar-refractivity contribution is 7.89. The van der Waals surface area contributed by atoms with Gasteiger partial charge >= 0.3 is 5.69 Å². The van der Waals surface area contributed by atoms with Crippen molar-refractivity contribution in [2.45, 2.75) is 25.2 Å². The number of nitrogens with one attached hydrogen (secondary N) is 3. The first kappa shape index (κ1) is 18.9. The predicted octanol–water partition coefficient (Wildman–Crippen LogP) is 0.101. The van der Waals surface area contributed by atoms with E-state index in [2.05, 4.69) is 19.9 Å². The van der Waals surface area contributed by atoms with Crippen molar-refractivity contribution in [2.24, 2.45) is 0 Å². The first-order chi connectivity index (χ1) is 11.9. The van der Waals surface area contributed by atoms with Crippen LogP contribution in [0.1, 0.15) is 30.0 Å². The van der Waals surface area contributed by atoms with Crippen LogP contribution in [0.25, 0.3) is 0 Å². The number of aromatic nitrogens is 3. The zero-order valence-corrected chi connectivity index (χ0v) is 14.9. The van der Waals surface area contributed by atoms with Crippen LogP contribution in [0.2, 0.25) is 0 Å². The topological polar surface area (TPSA) is 128 Å². The molecule has 25 heavy (non-hydrogen) atoms. The fourth-order valence-electron chi connectivity index (χ4n) is 2.30. The average molecular weight is 367 g/mol. The van der Waals surface area contributed by atoms with Crippen molar-refractivity contribution in [3.8, 4) is 0 Å². The lowest BCUT2D eigenvalue weighted by Crippen LogP contribution is -2.31. The molecule has 1 aromatic heterocycles. The summed E-state index contributed by atoms with van der Waals surface area (Å²) in [6.45, 7) is 4.89. The highest BCUT2D eigenvalue weighted by Crippen LogP contribution is 2.13. The predicted molar refractivity (Wildman–Crippen MR) is 91.8 cm³/mol. The summed E-state index contributed by atoms with van der Waals surface area (Å²) in [5.74, 6) is 0.148. The number of amides is 1. The fourth-order valence-corrected chi connectivity index (χ4v) is 3.38. The van der Waals surface area contributed by atoms with Gasteiger partial charge in [-0.3, -0.25) is 9.78 Å². The van der Waals surface area contributed by atoms with Crippen LogP contribution in [0, 0.1) is 0 Å². The maximum atomic E-state index is 12.4. The first-order valence-electron chi connectivity index (χ1n) is 7.90. The lowest BCUT2D eigenvalue weighted by Gasteiger charge is -2.18. The molecule has 0 bridgehead atoms. The zero-order valence-electron chi connectivity index (χ0n) is 14.1. The molecule has 3 N–H and O–H groups in total. The summed E-state index contributed by atoms with van der Waals surface area (Å²) in [6, 6.07) is 5.92. The summed E-state index contributed by atoms with van der Waals surface area (Å²) in [4.78, 5) is 27.4. The van der Waals surface area contributed by atoms with E-state index in [0.717, 1.165) is 0 Å². The molecule has 0 saturated carbocycles. The van der Waals surface area contributed by atoms with Crippen molar-refractivity contribution in [1.82, 2.24) is 24.8 Å². The van der Waals surface area contributed by atoms with E-state index < -0.39 is 15.7 Å². The van der Waals surface area contributed by atoms with Gasteiger partial charge in [-0.2, -0.15) is 5.10 Å². The molecule has 2 rings (SSSR count). The molecule has 0 atom stereocenters. The van der Waals surface area contributed by atoms with Gasteiger partial charge in [-0.15, -0.1) is 0 Å². The Morgan fingerprint density at radius 1 is 1.28 bits per heavy atom. The second kappa shape index (κ2) is 8.08. The molecule has 0 fully saturated rings. The molecule has 9 nitrogen and oxygen atoms in total. The Hall–Kier alpha value is -2.46. The second-order valence-electron chi connectivity index (χ2n) is 5.28. The molecule has 0 unspecified atom stereocenters. The molecular weight excluding hydrogens is 346 g/mol. The quantitative estimate of drug-likeness (QED) is 0.610. The summed E-state index contributed by atoms with van der Waals surface area (Å²) in [7, 11) is -3.77. The summed E-state index contributed by atoms with van der Waals surface area (Å²) in [6.07, 6.45) is 0.232.